The van der Waals surface area contributed by atoms with Gasteiger partial charge in [0.15, 0.2) is 6.61 Å². The van der Waals surface area contributed by atoms with Crippen LogP contribution in [0.25, 0.3) is 22.2 Å². The molecule has 0 atom stereocenters. The molecule has 3 aromatic carbocycles. The number of rotatable bonds is 9. The van der Waals surface area contributed by atoms with Crippen molar-refractivity contribution in [2.24, 2.45) is 0 Å². The van der Waals surface area contributed by atoms with Gasteiger partial charge in [-0.15, -0.1) is 11.8 Å². The van der Waals surface area contributed by atoms with Gasteiger partial charge in [0, 0.05) is 33.1 Å². The Hall–Kier alpha value is -2.80. The van der Waals surface area contributed by atoms with Crippen LogP contribution in [-0.4, -0.2) is 36.9 Å². The first-order chi connectivity index (χ1) is 16.0. The van der Waals surface area contributed by atoms with Gasteiger partial charge in [0.1, 0.15) is 11.5 Å². The summed E-state index contributed by atoms with van der Waals surface area (Å²) in [6.07, 6.45) is 0. The molecule has 8 heteroatoms. The van der Waals surface area contributed by atoms with Crippen molar-refractivity contribution in [1.82, 2.24) is 10.3 Å². The molecule has 1 aromatic heterocycles. The van der Waals surface area contributed by atoms with E-state index in [-0.39, 0.29) is 12.5 Å². The molecule has 4 aromatic rings. The fourth-order valence-corrected chi connectivity index (χ4v) is 4.88. The van der Waals surface area contributed by atoms with E-state index in [0.717, 1.165) is 32.8 Å². The van der Waals surface area contributed by atoms with Gasteiger partial charge in [-0.2, -0.15) is 0 Å². The summed E-state index contributed by atoms with van der Waals surface area (Å²) in [5.41, 5.74) is 3.20. The zero-order valence-corrected chi connectivity index (χ0v) is 20.2. The number of carbonyl (C=O) groups excluding carboxylic acids is 1. The third-order valence-corrected chi connectivity index (χ3v) is 6.61. The highest BCUT2D eigenvalue weighted by atomic mass is 35.5. The fraction of sp³-hybridized carbons (Fsp3) is 0.160. The van der Waals surface area contributed by atoms with Crippen LogP contribution in [0.3, 0.4) is 0 Å². The van der Waals surface area contributed by atoms with Crippen molar-refractivity contribution < 1.29 is 14.3 Å². The lowest BCUT2D eigenvalue weighted by atomic mass is 10.1. The Bertz CT molecular complexity index is 1260. The van der Waals surface area contributed by atoms with Crippen molar-refractivity contribution in [3.05, 3.63) is 76.8 Å². The van der Waals surface area contributed by atoms with Crippen LogP contribution < -0.4 is 14.8 Å². The van der Waals surface area contributed by atoms with E-state index in [1.165, 1.54) is 0 Å². The highest BCUT2D eigenvalue weighted by Gasteiger charge is 2.14. The maximum atomic E-state index is 12.2. The van der Waals surface area contributed by atoms with Gasteiger partial charge in [-0.05, 0) is 54.1 Å². The normalized spacial score (nSPS) is 10.9. The van der Waals surface area contributed by atoms with Gasteiger partial charge in [-0.1, -0.05) is 41.4 Å². The Balaban J connectivity index is 1.37. The molecule has 0 aliphatic heterocycles. The van der Waals surface area contributed by atoms with Gasteiger partial charge in [0.05, 0.1) is 17.8 Å². The van der Waals surface area contributed by atoms with Gasteiger partial charge in [0.2, 0.25) is 0 Å². The number of hydrogen-bond acceptors (Lipinski definition) is 4. The van der Waals surface area contributed by atoms with E-state index in [1.807, 2.05) is 36.4 Å². The summed E-state index contributed by atoms with van der Waals surface area (Å²) in [6, 6.07) is 21.1. The zero-order valence-electron chi connectivity index (χ0n) is 17.9. The number of fused-ring (bicyclic) bond motifs is 1. The number of aromatic amines is 1. The predicted octanol–water partition coefficient (Wildman–Crippen LogP) is 6.44. The standard InChI is InChI=1S/C25H22Cl2N2O3S/c1-31-18-9-6-16(7-10-18)24-25(19-4-2-3-5-21(19)29-24)33-13-12-28-23(30)15-32-22-11-8-17(26)14-20(22)27/h2-11,14,29H,12-13,15H2,1H3,(H,28,30). The van der Waals surface area contributed by atoms with Crippen LogP contribution in [0.4, 0.5) is 0 Å². The number of ether oxygens (including phenoxy) is 2. The maximum Gasteiger partial charge on any atom is 0.257 e. The lowest BCUT2D eigenvalue weighted by Gasteiger charge is -2.09. The van der Waals surface area contributed by atoms with Gasteiger partial charge in [-0.3, -0.25) is 4.79 Å². The fourth-order valence-electron chi connectivity index (χ4n) is 3.36. The lowest BCUT2D eigenvalue weighted by Crippen LogP contribution is -2.30. The summed E-state index contributed by atoms with van der Waals surface area (Å²) in [5, 5.41) is 4.93. The number of halogens is 2. The molecule has 2 N–H and O–H groups in total. The summed E-state index contributed by atoms with van der Waals surface area (Å²) in [5.74, 6) is 1.73. The minimum Gasteiger partial charge on any atom is -0.497 e. The highest BCUT2D eigenvalue weighted by Crippen LogP contribution is 2.38. The molecule has 4 rings (SSSR count). The maximum absolute atomic E-state index is 12.2. The Kier molecular flexibility index (Phi) is 7.70. The molecule has 0 unspecified atom stereocenters. The lowest BCUT2D eigenvalue weighted by molar-refractivity contribution is -0.122. The van der Waals surface area contributed by atoms with Crippen LogP contribution in [0.1, 0.15) is 0 Å². The molecule has 33 heavy (non-hydrogen) atoms. The highest BCUT2D eigenvalue weighted by molar-refractivity contribution is 7.99. The minimum atomic E-state index is -0.212. The molecular weight excluding hydrogens is 479 g/mol. The number of benzene rings is 3. The summed E-state index contributed by atoms with van der Waals surface area (Å²) in [7, 11) is 1.66. The third kappa shape index (κ3) is 5.77. The Morgan fingerprint density at radius 2 is 1.85 bits per heavy atom. The molecule has 1 heterocycles. The molecule has 0 spiro atoms. The Morgan fingerprint density at radius 1 is 1.06 bits per heavy atom. The minimum absolute atomic E-state index is 0.115. The molecule has 0 saturated heterocycles. The van der Waals surface area contributed by atoms with Crippen LogP contribution in [0, 0.1) is 0 Å². The number of thioether (sulfide) groups is 1. The van der Waals surface area contributed by atoms with E-state index in [9.17, 15) is 4.79 Å². The molecule has 0 aliphatic rings. The molecule has 0 saturated carbocycles. The second-order valence-electron chi connectivity index (χ2n) is 7.17. The average molecular weight is 501 g/mol. The van der Waals surface area contributed by atoms with E-state index in [2.05, 4.69) is 22.4 Å². The first-order valence-electron chi connectivity index (χ1n) is 10.3. The number of amides is 1. The molecule has 170 valence electrons. The Morgan fingerprint density at radius 3 is 2.61 bits per heavy atom. The SMILES string of the molecule is COc1ccc(-c2[nH]c3ccccc3c2SCCNC(=O)COc2ccc(Cl)cc2Cl)cc1. The van der Waals surface area contributed by atoms with Crippen LogP contribution in [0.15, 0.2) is 71.6 Å². The largest absolute Gasteiger partial charge is 0.497 e. The average Bonchev–Trinajstić information content (AvgIpc) is 3.20. The second-order valence-corrected chi connectivity index (χ2v) is 9.11. The van der Waals surface area contributed by atoms with Crippen molar-refractivity contribution >= 4 is 51.8 Å². The smallest absolute Gasteiger partial charge is 0.257 e. The molecule has 0 bridgehead atoms. The summed E-state index contributed by atoms with van der Waals surface area (Å²) in [6.45, 7) is 0.388. The molecule has 0 fully saturated rings. The van der Waals surface area contributed by atoms with Gasteiger partial charge in [-0.25, -0.2) is 0 Å². The van der Waals surface area contributed by atoms with Crippen LogP contribution in [-0.2, 0) is 4.79 Å². The molecule has 0 aliphatic carbocycles. The topological polar surface area (TPSA) is 63.3 Å². The summed E-state index contributed by atoms with van der Waals surface area (Å²) >= 11 is 13.6. The van der Waals surface area contributed by atoms with E-state index in [0.29, 0.717) is 28.1 Å². The van der Waals surface area contributed by atoms with Gasteiger partial charge in [0.25, 0.3) is 5.91 Å². The van der Waals surface area contributed by atoms with E-state index < -0.39 is 0 Å². The molecule has 0 radical (unpaired) electrons. The van der Waals surface area contributed by atoms with Crippen molar-refractivity contribution in [3.63, 3.8) is 0 Å². The number of aromatic nitrogens is 1. The first-order valence-corrected chi connectivity index (χ1v) is 12.0. The molecular formula is C25H22Cl2N2O3S. The summed E-state index contributed by atoms with van der Waals surface area (Å²) in [4.78, 5) is 16.9. The second kappa shape index (κ2) is 10.9. The third-order valence-electron chi connectivity index (χ3n) is 4.96. The Labute approximate surface area is 206 Å². The summed E-state index contributed by atoms with van der Waals surface area (Å²) < 4.78 is 10.8. The number of methoxy groups -OCH3 is 1. The predicted molar refractivity (Wildman–Crippen MR) is 136 cm³/mol. The van der Waals surface area contributed by atoms with Crippen molar-refractivity contribution in [2.45, 2.75) is 4.90 Å². The monoisotopic (exact) mass is 500 g/mol. The van der Waals surface area contributed by atoms with Crippen molar-refractivity contribution in [3.8, 4) is 22.8 Å². The first kappa shape index (κ1) is 23.4. The van der Waals surface area contributed by atoms with Crippen LogP contribution in [0.5, 0.6) is 11.5 Å². The number of nitrogens with one attached hydrogen (secondary N) is 2. The molecule has 5 nitrogen and oxygen atoms in total. The van der Waals surface area contributed by atoms with Crippen LogP contribution >= 0.6 is 35.0 Å². The van der Waals surface area contributed by atoms with Gasteiger partial charge < -0.3 is 19.8 Å². The number of carbonyl (C=O) groups is 1. The molecule has 1 amide bonds. The quantitative estimate of drug-likeness (QED) is 0.205. The van der Waals surface area contributed by atoms with E-state index >= 15 is 0 Å². The van der Waals surface area contributed by atoms with Crippen molar-refractivity contribution in [2.75, 3.05) is 26.0 Å². The number of hydrogen-bond donors (Lipinski definition) is 2. The van der Waals surface area contributed by atoms with Crippen molar-refractivity contribution in [1.29, 1.82) is 0 Å². The number of H-pyrrole nitrogens is 1. The zero-order chi connectivity index (χ0) is 23.2. The van der Waals surface area contributed by atoms with E-state index in [1.54, 1.807) is 37.1 Å². The van der Waals surface area contributed by atoms with Gasteiger partial charge >= 0.3 is 0 Å². The van der Waals surface area contributed by atoms with E-state index in [4.69, 9.17) is 32.7 Å². The number of para-hydroxylation sites is 1. The van der Waals surface area contributed by atoms with Crippen LogP contribution in [0.2, 0.25) is 10.0 Å².